The number of anilines is 1. The second-order valence-corrected chi connectivity index (χ2v) is 4.92. The highest BCUT2D eigenvalue weighted by molar-refractivity contribution is 5.47. The van der Waals surface area contributed by atoms with Crippen molar-refractivity contribution in [3.8, 4) is 11.5 Å². The van der Waals surface area contributed by atoms with E-state index in [1.165, 1.54) is 12.1 Å². The number of rotatable bonds is 5. The molecule has 0 spiro atoms. The molecule has 3 aromatic carbocycles. The zero-order chi connectivity index (χ0) is 15.2. The van der Waals surface area contributed by atoms with Crippen molar-refractivity contribution in [1.82, 2.24) is 0 Å². The highest BCUT2D eigenvalue weighted by Gasteiger charge is 1.98. The maximum Gasteiger partial charge on any atom is 0.127 e. The van der Waals surface area contributed by atoms with Gasteiger partial charge in [-0.15, -0.1) is 0 Å². The van der Waals surface area contributed by atoms with Gasteiger partial charge in [0.25, 0.3) is 0 Å². The average Bonchev–Trinajstić information content (AvgIpc) is 2.57. The predicted molar refractivity (Wildman–Crippen MR) is 86.7 cm³/mol. The van der Waals surface area contributed by atoms with Crippen molar-refractivity contribution < 1.29 is 9.13 Å². The molecule has 2 nitrogen and oxygen atoms in total. The monoisotopic (exact) mass is 293 g/mol. The molecule has 3 heteroatoms. The normalized spacial score (nSPS) is 10.2. The Labute approximate surface area is 129 Å². The van der Waals surface area contributed by atoms with E-state index in [-0.39, 0.29) is 5.82 Å². The smallest absolute Gasteiger partial charge is 0.127 e. The zero-order valence-electron chi connectivity index (χ0n) is 12.0. The highest BCUT2D eigenvalue weighted by atomic mass is 19.1. The van der Waals surface area contributed by atoms with Crippen molar-refractivity contribution in [2.75, 3.05) is 5.32 Å². The number of benzene rings is 3. The fourth-order valence-electron chi connectivity index (χ4n) is 2.07. The van der Waals surface area contributed by atoms with Gasteiger partial charge in [0.05, 0.1) is 0 Å². The lowest BCUT2D eigenvalue weighted by molar-refractivity contribution is 0.483. The van der Waals surface area contributed by atoms with E-state index in [2.05, 4.69) is 5.32 Å². The van der Waals surface area contributed by atoms with Crippen molar-refractivity contribution in [1.29, 1.82) is 0 Å². The number of hydrogen-bond donors (Lipinski definition) is 1. The van der Waals surface area contributed by atoms with Crippen molar-refractivity contribution in [3.63, 3.8) is 0 Å². The standard InChI is InChI=1S/C19H16FNO/c20-16-8-6-15(7-9-16)14-21-17-10-12-19(13-11-17)22-18-4-2-1-3-5-18/h1-13,21H,14H2. The molecule has 1 N–H and O–H groups in total. The maximum atomic E-state index is 12.8. The molecule has 3 rings (SSSR count). The molecule has 0 saturated heterocycles. The SMILES string of the molecule is Fc1ccc(CNc2ccc(Oc3ccccc3)cc2)cc1. The van der Waals surface area contributed by atoms with Crippen LogP contribution in [0.25, 0.3) is 0 Å². The van der Waals surface area contributed by atoms with Gasteiger partial charge in [-0.2, -0.15) is 0 Å². The summed E-state index contributed by atoms with van der Waals surface area (Å²) in [6, 6.07) is 23.9. The van der Waals surface area contributed by atoms with E-state index in [0.717, 1.165) is 22.7 Å². The van der Waals surface area contributed by atoms with Crippen LogP contribution in [0.3, 0.4) is 0 Å². The lowest BCUT2D eigenvalue weighted by Crippen LogP contribution is -1.99. The molecule has 0 unspecified atom stereocenters. The molecule has 0 heterocycles. The number of nitrogens with one attached hydrogen (secondary N) is 1. The fraction of sp³-hybridized carbons (Fsp3) is 0.0526. The maximum absolute atomic E-state index is 12.8. The van der Waals surface area contributed by atoms with Gasteiger partial charge in [0.1, 0.15) is 17.3 Å². The lowest BCUT2D eigenvalue weighted by Gasteiger charge is -2.09. The van der Waals surface area contributed by atoms with Crippen LogP contribution in [0.4, 0.5) is 10.1 Å². The van der Waals surface area contributed by atoms with Crippen LogP contribution in [0, 0.1) is 5.82 Å². The Morgan fingerprint density at radius 2 is 1.36 bits per heavy atom. The summed E-state index contributed by atoms with van der Waals surface area (Å²) >= 11 is 0. The van der Waals surface area contributed by atoms with E-state index >= 15 is 0 Å². The van der Waals surface area contributed by atoms with Gasteiger partial charge in [-0.05, 0) is 54.1 Å². The molecule has 0 aromatic heterocycles. The van der Waals surface area contributed by atoms with Crippen LogP contribution < -0.4 is 10.1 Å². The average molecular weight is 293 g/mol. The van der Waals surface area contributed by atoms with Crippen molar-refractivity contribution in [3.05, 3.63) is 90.2 Å². The van der Waals surface area contributed by atoms with Crippen molar-refractivity contribution >= 4 is 5.69 Å². The first-order valence-corrected chi connectivity index (χ1v) is 7.11. The Morgan fingerprint density at radius 1 is 0.727 bits per heavy atom. The quantitative estimate of drug-likeness (QED) is 0.695. The number of ether oxygens (including phenoxy) is 1. The van der Waals surface area contributed by atoms with E-state index in [9.17, 15) is 4.39 Å². The highest BCUT2D eigenvalue weighted by Crippen LogP contribution is 2.22. The first-order chi connectivity index (χ1) is 10.8. The Bertz CT molecular complexity index is 709. The van der Waals surface area contributed by atoms with Crippen LogP contribution >= 0.6 is 0 Å². The molecule has 0 atom stereocenters. The van der Waals surface area contributed by atoms with Gasteiger partial charge in [-0.1, -0.05) is 30.3 Å². The Hall–Kier alpha value is -2.81. The molecular weight excluding hydrogens is 277 g/mol. The third-order valence-corrected chi connectivity index (χ3v) is 3.24. The molecule has 3 aromatic rings. The second-order valence-electron chi connectivity index (χ2n) is 4.92. The first-order valence-electron chi connectivity index (χ1n) is 7.11. The molecule has 0 radical (unpaired) electrons. The minimum atomic E-state index is -0.217. The minimum Gasteiger partial charge on any atom is -0.457 e. The molecule has 0 aliphatic carbocycles. The first kappa shape index (κ1) is 14.1. The molecule has 0 aliphatic rings. The van der Waals surface area contributed by atoms with Crippen LogP contribution in [0.15, 0.2) is 78.9 Å². The van der Waals surface area contributed by atoms with E-state index in [1.807, 2.05) is 54.6 Å². The minimum absolute atomic E-state index is 0.217. The fourth-order valence-corrected chi connectivity index (χ4v) is 2.07. The van der Waals surface area contributed by atoms with E-state index < -0.39 is 0 Å². The van der Waals surface area contributed by atoms with Crippen LogP contribution in [0.2, 0.25) is 0 Å². The second kappa shape index (κ2) is 6.76. The van der Waals surface area contributed by atoms with E-state index in [0.29, 0.717) is 6.54 Å². The summed E-state index contributed by atoms with van der Waals surface area (Å²) in [7, 11) is 0. The summed E-state index contributed by atoms with van der Waals surface area (Å²) in [6.45, 7) is 0.652. The number of para-hydroxylation sites is 1. The van der Waals surface area contributed by atoms with E-state index in [4.69, 9.17) is 4.74 Å². The van der Waals surface area contributed by atoms with E-state index in [1.54, 1.807) is 12.1 Å². The van der Waals surface area contributed by atoms with Crippen LogP contribution in [-0.4, -0.2) is 0 Å². The summed E-state index contributed by atoms with van der Waals surface area (Å²) in [5.74, 6) is 1.39. The Morgan fingerprint density at radius 3 is 2.05 bits per heavy atom. The van der Waals surface area contributed by atoms with Crippen molar-refractivity contribution in [2.45, 2.75) is 6.54 Å². The molecule has 110 valence electrons. The number of halogens is 1. The summed E-state index contributed by atoms with van der Waals surface area (Å²) in [5.41, 5.74) is 2.02. The zero-order valence-corrected chi connectivity index (χ0v) is 12.0. The van der Waals surface area contributed by atoms with Gasteiger partial charge >= 0.3 is 0 Å². The topological polar surface area (TPSA) is 21.3 Å². The van der Waals surface area contributed by atoms with Gasteiger partial charge in [0.15, 0.2) is 0 Å². The number of hydrogen-bond acceptors (Lipinski definition) is 2. The third kappa shape index (κ3) is 3.85. The molecule has 0 bridgehead atoms. The van der Waals surface area contributed by atoms with Gasteiger partial charge in [-0.25, -0.2) is 4.39 Å². The largest absolute Gasteiger partial charge is 0.457 e. The summed E-state index contributed by atoms with van der Waals surface area (Å²) in [6.07, 6.45) is 0. The lowest BCUT2D eigenvalue weighted by atomic mass is 10.2. The molecular formula is C19H16FNO. The van der Waals surface area contributed by atoms with Gasteiger partial charge in [0, 0.05) is 12.2 Å². The van der Waals surface area contributed by atoms with Gasteiger partial charge in [0.2, 0.25) is 0 Å². The Kier molecular flexibility index (Phi) is 4.35. The Balaban J connectivity index is 1.58. The molecule has 0 saturated carbocycles. The van der Waals surface area contributed by atoms with Crippen LogP contribution in [-0.2, 0) is 6.54 Å². The van der Waals surface area contributed by atoms with Crippen LogP contribution in [0.5, 0.6) is 11.5 Å². The predicted octanol–water partition coefficient (Wildman–Crippen LogP) is 5.23. The van der Waals surface area contributed by atoms with Gasteiger partial charge < -0.3 is 10.1 Å². The third-order valence-electron chi connectivity index (χ3n) is 3.24. The van der Waals surface area contributed by atoms with Gasteiger partial charge in [-0.3, -0.25) is 0 Å². The summed E-state index contributed by atoms with van der Waals surface area (Å²) < 4.78 is 18.6. The molecule has 22 heavy (non-hydrogen) atoms. The molecule has 0 aliphatic heterocycles. The molecule has 0 amide bonds. The van der Waals surface area contributed by atoms with Crippen molar-refractivity contribution in [2.24, 2.45) is 0 Å². The molecule has 0 fully saturated rings. The summed E-state index contributed by atoms with van der Waals surface area (Å²) in [5, 5.41) is 3.29. The summed E-state index contributed by atoms with van der Waals surface area (Å²) in [4.78, 5) is 0. The van der Waals surface area contributed by atoms with Crippen LogP contribution in [0.1, 0.15) is 5.56 Å².